The van der Waals surface area contributed by atoms with E-state index in [1.54, 1.807) is 11.8 Å². The van der Waals surface area contributed by atoms with Gasteiger partial charge in [-0.05, 0) is 44.2 Å². The molecule has 0 amide bonds. The molecule has 0 bridgehead atoms. The summed E-state index contributed by atoms with van der Waals surface area (Å²) in [6.45, 7) is 4.05. The summed E-state index contributed by atoms with van der Waals surface area (Å²) in [7, 11) is 1.83. The van der Waals surface area contributed by atoms with E-state index in [1.165, 1.54) is 5.56 Å². The van der Waals surface area contributed by atoms with Crippen molar-refractivity contribution < 1.29 is 0 Å². The molecule has 1 aromatic carbocycles. The van der Waals surface area contributed by atoms with Gasteiger partial charge < -0.3 is 0 Å². The minimum Gasteiger partial charge on any atom is -0.298 e. The highest BCUT2D eigenvalue weighted by atomic mass is 32.2. The maximum atomic E-state index is 9.67. The second-order valence-electron chi connectivity index (χ2n) is 5.05. The van der Waals surface area contributed by atoms with Gasteiger partial charge in [-0.3, -0.25) is 5.32 Å². The van der Waals surface area contributed by atoms with Gasteiger partial charge in [0.25, 0.3) is 0 Å². The van der Waals surface area contributed by atoms with Crippen molar-refractivity contribution in [1.82, 2.24) is 10.3 Å². The van der Waals surface area contributed by atoms with Crippen LogP contribution in [0.4, 0.5) is 0 Å². The highest BCUT2D eigenvalue weighted by Gasteiger charge is 2.30. The summed E-state index contributed by atoms with van der Waals surface area (Å²) >= 11 is 1.60. The predicted molar refractivity (Wildman–Crippen MR) is 87.2 cm³/mol. The number of benzene rings is 1. The molecule has 2 rings (SSSR count). The molecule has 1 aromatic heterocycles. The van der Waals surface area contributed by atoms with Crippen LogP contribution in [0.2, 0.25) is 0 Å². The third-order valence-corrected chi connectivity index (χ3v) is 4.48. The van der Waals surface area contributed by atoms with Crippen molar-refractivity contribution in [2.75, 3.05) is 12.8 Å². The summed E-state index contributed by atoms with van der Waals surface area (Å²) < 4.78 is 0. The van der Waals surface area contributed by atoms with E-state index < -0.39 is 5.54 Å². The van der Waals surface area contributed by atoms with Crippen LogP contribution in [0, 0.1) is 25.2 Å². The zero-order chi connectivity index (χ0) is 15.3. The average molecular weight is 297 g/mol. The number of hydrogen-bond acceptors (Lipinski definition) is 4. The molecule has 0 radical (unpaired) electrons. The van der Waals surface area contributed by atoms with E-state index in [2.05, 4.69) is 35.4 Å². The van der Waals surface area contributed by atoms with Crippen molar-refractivity contribution in [3.63, 3.8) is 0 Å². The molecule has 1 atom stereocenters. The Labute approximate surface area is 130 Å². The molecule has 1 heterocycles. The zero-order valence-electron chi connectivity index (χ0n) is 12.6. The lowest BCUT2D eigenvalue weighted by Gasteiger charge is -2.26. The monoisotopic (exact) mass is 297 g/mol. The average Bonchev–Trinajstić information content (AvgIpc) is 2.49. The maximum absolute atomic E-state index is 9.67. The van der Waals surface area contributed by atoms with Gasteiger partial charge in [0.05, 0.1) is 11.1 Å². The number of nitrogens with one attached hydrogen (secondary N) is 1. The Kier molecular flexibility index (Phi) is 5.00. The van der Waals surface area contributed by atoms with E-state index >= 15 is 0 Å². The number of hydrogen-bond donors (Lipinski definition) is 1. The summed E-state index contributed by atoms with van der Waals surface area (Å²) in [5, 5.41) is 13.8. The molecule has 108 valence electrons. The van der Waals surface area contributed by atoms with Crippen LogP contribution < -0.4 is 5.32 Å². The third-order valence-electron chi connectivity index (χ3n) is 3.40. The normalized spacial score (nSPS) is 13.4. The van der Waals surface area contributed by atoms with Crippen LogP contribution in [-0.4, -0.2) is 17.8 Å². The second-order valence-corrected chi connectivity index (χ2v) is 6.04. The summed E-state index contributed by atoms with van der Waals surface area (Å²) in [4.78, 5) is 4.53. The summed E-state index contributed by atoms with van der Waals surface area (Å²) in [6, 6.07) is 16.4. The Bertz CT molecular complexity index is 629. The van der Waals surface area contributed by atoms with E-state index in [4.69, 9.17) is 0 Å². The third kappa shape index (κ3) is 3.63. The fourth-order valence-corrected chi connectivity index (χ4v) is 3.45. The zero-order valence-corrected chi connectivity index (χ0v) is 13.4. The molecule has 0 saturated heterocycles. The van der Waals surface area contributed by atoms with Gasteiger partial charge in [-0.2, -0.15) is 5.26 Å². The van der Waals surface area contributed by atoms with Crippen molar-refractivity contribution in [2.24, 2.45) is 0 Å². The van der Waals surface area contributed by atoms with Crippen LogP contribution in [0.25, 0.3) is 0 Å². The Hall–Kier alpha value is -1.83. The van der Waals surface area contributed by atoms with Crippen molar-refractivity contribution in [3.8, 4) is 6.07 Å². The Morgan fingerprint density at radius 3 is 2.52 bits per heavy atom. The van der Waals surface area contributed by atoms with Crippen molar-refractivity contribution in [1.29, 1.82) is 5.26 Å². The predicted octanol–water partition coefficient (Wildman–Crippen LogP) is 3.43. The van der Waals surface area contributed by atoms with Crippen LogP contribution in [0.15, 0.2) is 47.5 Å². The lowest BCUT2D eigenvalue weighted by atomic mass is 9.94. The molecule has 3 nitrogen and oxygen atoms in total. The summed E-state index contributed by atoms with van der Waals surface area (Å²) in [5.41, 5.74) is 2.47. The topological polar surface area (TPSA) is 48.7 Å². The van der Waals surface area contributed by atoms with E-state index in [-0.39, 0.29) is 0 Å². The highest BCUT2D eigenvalue weighted by molar-refractivity contribution is 7.99. The lowest BCUT2D eigenvalue weighted by Crippen LogP contribution is -2.41. The van der Waals surface area contributed by atoms with Gasteiger partial charge in [0.15, 0.2) is 0 Å². The van der Waals surface area contributed by atoms with Gasteiger partial charge in [-0.1, -0.05) is 30.3 Å². The Balaban J connectivity index is 2.23. The Morgan fingerprint density at radius 1 is 1.24 bits per heavy atom. The number of rotatable bonds is 5. The molecule has 4 heteroatoms. The first-order valence-electron chi connectivity index (χ1n) is 6.83. The highest BCUT2D eigenvalue weighted by Crippen LogP contribution is 2.29. The van der Waals surface area contributed by atoms with Gasteiger partial charge >= 0.3 is 0 Å². The van der Waals surface area contributed by atoms with E-state index in [0.717, 1.165) is 16.3 Å². The number of pyridine rings is 1. The minimum absolute atomic E-state index is 0.611. The van der Waals surface area contributed by atoms with Gasteiger partial charge in [0, 0.05) is 11.4 Å². The van der Waals surface area contributed by atoms with Crippen LogP contribution in [0.5, 0.6) is 0 Å². The number of aryl methyl sites for hydroxylation is 2. The minimum atomic E-state index is -0.703. The molecule has 0 spiro atoms. The molecule has 0 saturated carbocycles. The molecule has 2 aromatic rings. The van der Waals surface area contributed by atoms with Gasteiger partial charge in [0.2, 0.25) is 0 Å². The smallest absolute Gasteiger partial charge is 0.141 e. The van der Waals surface area contributed by atoms with E-state index in [1.807, 2.05) is 44.3 Å². The molecular weight excluding hydrogens is 278 g/mol. The van der Waals surface area contributed by atoms with E-state index in [9.17, 15) is 5.26 Å². The quantitative estimate of drug-likeness (QED) is 0.859. The molecular formula is C17H19N3S. The number of thioether (sulfide) groups is 1. The first kappa shape index (κ1) is 15.6. The van der Waals surface area contributed by atoms with Crippen LogP contribution in [0.3, 0.4) is 0 Å². The maximum Gasteiger partial charge on any atom is 0.141 e. The molecule has 1 unspecified atom stereocenters. The molecule has 0 aliphatic heterocycles. The second kappa shape index (κ2) is 6.75. The lowest BCUT2D eigenvalue weighted by molar-refractivity contribution is 0.528. The first-order valence-corrected chi connectivity index (χ1v) is 7.82. The Morgan fingerprint density at radius 2 is 1.95 bits per heavy atom. The number of aromatic nitrogens is 1. The van der Waals surface area contributed by atoms with Crippen LogP contribution >= 0.6 is 11.8 Å². The van der Waals surface area contributed by atoms with Crippen molar-refractivity contribution in [2.45, 2.75) is 24.4 Å². The standard InChI is InChI=1S/C17H19N3S/c1-13-9-14(2)20-16(10-13)21-12-17(11-18,19-3)15-7-5-4-6-8-15/h4-10,19H,12H2,1-3H3. The molecule has 1 N–H and O–H groups in total. The first-order chi connectivity index (χ1) is 10.1. The van der Waals surface area contributed by atoms with Gasteiger partial charge in [0.1, 0.15) is 5.54 Å². The molecule has 21 heavy (non-hydrogen) atoms. The van der Waals surface area contributed by atoms with Crippen molar-refractivity contribution >= 4 is 11.8 Å². The molecule has 0 aliphatic rings. The SMILES string of the molecule is CNC(C#N)(CSc1cc(C)cc(C)n1)c1ccccc1. The fraction of sp³-hybridized carbons (Fsp3) is 0.294. The van der Waals surface area contributed by atoms with Crippen LogP contribution in [-0.2, 0) is 5.54 Å². The molecule has 0 fully saturated rings. The summed E-state index contributed by atoms with van der Waals surface area (Å²) in [6.07, 6.45) is 0. The molecule has 0 aliphatic carbocycles. The van der Waals surface area contributed by atoms with E-state index in [0.29, 0.717) is 5.75 Å². The number of nitriles is 1. The number of nitrogens with zero attached hydrogens (tertiary/aromatic N) is 2. The van der Waals surface area contributed by atoms with Gasteiger partial charge in [-0.15, -0.1) is 11.8 Å². The van der Waals surface area contributed by atoms with Gasteiger partial charge in [-0.25, -0.2) is 4.98 Å². The van der Waals surface area contributed by atoms with Crippen LogP contribution in [0.1, 0.15) is 16.8 Å². The fourth-order valence-electron chi connectivity index (χ4n) is 2.24. The van der Waals surface area contributed by atoms with Crippen molar-refractivity contribution in [3.05, 3.63) is 59.3 Å². The summed E-state index contributed by atoms with van der Waals surface area (Å²) in [5.74, 6) is 0.611. The largest absolute Gasteiger partial charge is 0.298 e.